The zero-order valence-corrected chi connectivity index (χ0v) is 7.36. The highest BCUT2D eigenvalue weighted by molar-refractivity contribution is 6.07. The first-order valence-electron chi connectivity index (χ1n) is 3.89. The van der Waals surface area contributed by atoms with Gasteiger partial charge in [0.05, 0.1) is 11.4 Å². The van der Waals surface area contributed by atoms with Gasteiger partial charge in [-0.2, -0.15) is 0 Å². The standard InChI is InChI=1S/C10H12N2/c1-3-6-9(11-2)10-7-4-5-8-12-10/h3-8H,1-2H3/b6-3-,11-9+. The Morgan fingerprint density at radius 3 is 2.83 bits per heavy atom. The number of allylic oxidation sites excluding steroid dienone is 2. The van der Waals surface area contributed by atoms with Gasteiger partial charge in [-0.05, 0) is 25.1 Å². The Labute approximate surface area is 72.7 Å². The van der Waals surface area contributed by atoms with Crippen molar-refractivity contribution in [3.63, 3.8) is 0 Å². The molecule has 1 aromatic heterocycles. The van der Waals surface area contributed by atoms with Gasteiger partial charge in [0, 0.05) is 13.2 Å². The van der Waals surface area contributed by atoms with E-state index < -0.39 is 0 Å². The second-order valence-electron chi connectivity index (χ2n) is 2.32. The molecule has 62 valence electrons. The molecule has 0 fully saturated rings. The molecule has 0 saturated heterocycles. The molecule has 0 unspecified atom stereocenters. The zero-order valence-electron chi connectivity index (χ0n) is 7.36. The third-order valence-electron chi connectivity index (χ3n) is 1.49. The van der Waals surface area contributed by atoms with Gasteiger partial charge in [-0.1, -0.05) is 12.1 Å². The third-order valence-corrected chi connectivity index (χ3v) is 1.49. The average molecular weight is 160 g/mol. The molecule has 12 heavy (non-hydrogen) atoms. The molecule has 2 heteroatoms. The highest BCUT2D eigenvalue weighted by Gasteiger charge is 1.96. The van der Waals surface area contributed by atoms with Crippen molar-refractivity contribution in [3.05, 3.63) is 42.2 Å². The van der Waals surface area contributed by atoms with Gasteiger partial charge in [0.15, 0.2) is 0 Å². The van der Waals surface area contributed by atoms with Crippen LogP contribution in [0.4, 0.5) is 0 Å². The van der Waals surface area contributed by atoms with Crippen LogP contribution < -0.4 is 0 Å². The van der Waals surface area contributed by atoms with Crippen LogP contribution in [0.15, 0.2) is 41.5 Å². The number of aromatic nitrogens is 1. The van der Waals surface area contributed by atoms with Crippen molar-refractivity contribution in [2.24, 2.45) is 4.99 Å². The lowest BCUT2D eigenvalue weighted by Crippen LogP contribution is -1.98. The molecule has 0 aliphatic rings. The molecule has 2 nitrogen and oxygen atoms in total. The van der Waals surface area contributed by atoms with E-state index in [1.807, 2.05) is 37.3 Å². The lowest BCUT2D eigenvalue weighted by atomic mass is 10.2. The minimum atomic E-state index is 0.915. The smallest absolute Gasteiger partial charge is 0.0881 e. The molecule has 0 aromatic carbocycles. The van der Waals surface area contributed by atoms with Crippen LogP contribution in [0, 0.1) is 0 Å². The fourth-order valence-corrected chi connectivity index (χ4v) is 0.947. The summed E-state index contributed by atoms with van der Waals surface area (Å²) in [5, 5.41) is 0. The first-order valence-corrected chi connectivity index (χ1v) is 3.89. The summed E-state index contributed by atoms with van der Waals surface area (Å²) in [4.78, 5) is 8.30. The van der Waals surface area contributed by atoms with Crippen molar-refractivity contribution >= 4 is 5.71 Å². The summed E-state index contributed by atoms with van der Waals surface area (Å²) >= 11 is 0. The SMILES string of the molecule is C/C=C\C(=N/C)c1ccccn1. The van der Waals surface area contributed by atoms with Gasteiger partial charge in [-0.15, -0.1) is 0 Å². The molecule has 1 rings (SSSR count). The van der Waals surface area contributed by atoms with Crippen molar-refractivity contribution in [2.45, 2.75) is 6.92 Å². The third kappa shape index (κ3) is 2.02. The Kier molecular flexibility index (Phi) is 3.20. The quantitative estimate of drug-likeness (QED) is 0.608. The van der Waals surface area contributed by atoms with Crippen molar-refractivity contribution in [1.82, 2.24) is 4.98 Å². The van der Waals surface area contributed by atoms with E-state index in [4.69, 9.17) is 0 Å². The average Bonchev–Trinajstić information content (AvgIpc) is 2.15. The van der Waals surface area contributed by atoms with E-state index in [2.05, 4.69) is 9.98 Å². The lowest BCUT2D eigenvalue weighted by molar-refractivity contribution is 1.28. The number of hydrogen-bond donors (Lipinski definition) is 0. The molecule has 0 radical (unpaired) electrons. The van der Waals surface area contributed by atoms with Crippen molar-refractivity contribution in [2.75, 3.05) is 7.05 Å². The molecule has 0 saturated carbocycles. The Hall–Kier alpha value is -1.44. The maximum absolute atomic E-state index is 4.19. The van der Waals surface area contributed by atoms with Gasteiger partial charge in [-0.25, -0.2) is 0 Å². The van der Waals surface area contributed by atoms with Crippen molar-refractivity contribution < 1.29 is 0 Å². The molecule has 0 aliphatic heterocycles. The minimum absolute atomic E-state index is 0.915. The summed E-state index contributed by atoms with van der Waals surface area (Å²) in [5.74, 6) is 0. The maximum Gasteiger partial charge on any atom is 0.0881 e. The molecule has 0 atom stereocenters. The van der Waals surface area contributed by atoms with E-state index in [-0.39, 0.29) is 0 Å². The predicted octanol–water partition coefficient (Wildman–Crippen LogP) is 2.08. The summed E-state index contributed by atoms with van der Waals surface area (Å²) in [5.41, 5.74) is 1.83. The summed E-state index contributed by atoms with van der Waals surface area (Å²) in [6.07, 6.45) is 5.67. The fourth-order valence-electron chi connectivity index (χ4n) is 0.947. The molecule has 0 bridgehead atoms. The summed E-state index contributed by atoms with van der Waals surface area (Å²) in [7, 11) is 1.77. The fraction of sp³-hybridized carbons (Fsp3) is 0.200. The normalized spacial score (nSPS) is 12.3. The van der Waals surface area contributed by atoms with Crippen LogP contribution in [0.2, 0.25) is 0 Å². The van der Waals surface area contributed by atoms with Crippen LogP contribution in [0.3, 0.4) is 0 Å². The summed E-state index contributed by atoms with van der Waals surface area (Å²) in [6, 6.07) is 5.80. The number of nitrogens with zero attached hydrogens (tertiary/aromatic N) is 2. The van der Waals surface area contributed by atoms with Gasteiger partial charge in [-0.3, -0.25) is 9.98 Å². The molecule has 0 N–H and O–H groups in total. The van der Waals surface area contributed by atoms with Crippen LogP contribution in [-0.2, 0) is 0 Å². The number of rotatable bonds is 2. The van der Waals surface area contributed by atoms with Crippen LogP contribution in [0.5, 0.6) is 0 Å². The van der Waals surface area contributed by atoms with Gasteiger partial charge >= 0.3 is 0 Å². The second kappa shape index (κ2) is 4.44. The highest BCUT2D eigenvalue weighted by atomic mass is 14.7. The van der Waals surface area contributed by atoms with Crippen LogP contribution in [0.1, 0.15) is 12.6 Å². The molecular formula is C10H12N2. The Morgan fingerprint density at radius 1 is 1.50 bits per heavy atom. The highest BCUT2D eigenvalue weighted by Crippen LogP contribution is 1.97. The Morgan fingerprint density at radius 2 is 2.33 bits per heavy atom. The van der Waals surface area contributed by atoms with Gasteiger partial charge < -0.3 is 0 Å². The van der Waals surface area contributed by atoms with E-state index in [9.17, 15) is 0 Å². The Bertz CT molecular complexity index is 286. The summed E-state index contributed by atoms with van der Waals surface area (Å²) < 4.78 is 0. The monoisotopic (exact) mass is 160 g/mol. The van der Waals surface area contributed by atoms with Crippen LogP contribution >= 0.6 is 0 Å². The molecule has 1 heterocycles. The number of hydrogen-bond acceptors (Lipinski definition) is 2. The molecule has 0 amide bonds. The molecule has 0 spiro atoms. The molecular weight excluding hydrogens is 148 g/mol. The van der Waals surface area contributed by atoms with E-state index in [0.29, 0.717) is 0 Å². The largest absolute Gasteiger partial charge is 0.286 e. The van der Waals surface area contributed by atoms with Crippen molar-refractivity contribution in [3.8, 4) is 0 Å². The Balaban J connectivity index is 2.97. The maximum atomic E-state index is 4.19. The van der Waals surface area contributed by atoms with E-state index in [0.717, 1.165) is 11.4 Å². The van der Waals surface area contributed by atoms with Crippen LogP contribution in [0.25, 0.3) is 0 Å². The number of aliphatic imine (C=N–C) groups is 1. The number of pyridine rings is 1. The second-order valence-corrected chi connectivity index (χ2v) is 2.32. The first-order chi connectivity index (χ1) is 5.88. The van der Waals surface area contributed by atoms with Crippen molar-refractivity contribution in [1.29, 1.82) is 0 Å². The predicted molar refractivity (Wildman–Crippen MR) is 51.5 cm³/mol. The topological polar surface area (TPSA) is 25.2 Å². The first kappa shape index (κ1) is 8.65. The summed E-state index contributed by atoms with van der Waals surface area (Å²) in [6.45, 7) is 1.97. The molecule has 1 aromatic rings. The van der Waals surface area contributed by atoms with E-state index in [1.54, 1.807) is 13.2 Å². The lowest BCUT2D eigenvalue weighted by Gasteiger charge is -1.97. The van der Waals surface area contributed by atoms with Crippen LogP contribution in [-0.4, -0.2) is 17.7 Å². The van der Waals surface area contributed by atoms with Gasteiger partial charge in [0.25, 0.3) is 0 Å². The van der Waals surface area contributed by atoms with E-state index in [1.165, 1.54) is 0 Å². The van der Waals surface area contributed by atoms with Gasteiger partial charge in [0.2, 0.25) is 0 Å². The van der Waals surface area contributed by atoms with Gasteiger partial charge in [0.1, 0.15) is 0 Å². The van der Waals surface area contributed by atoms with E-state index >= 15 is 0 Å². The minimum Gasteiger partial charge on any atom is -0.286 e. The molecule has 0 aliphatic carbocycles. The zero-order chi connectivity index (χ0) is 8.81.